The third-order valence-electron chi connectivity index (χ3n) is 2.47. The maximum atomic E-state index is 6.19. The summed E-state index contributed by atoms with van der Waals surface area (Å²) >= 11 is 6.19. The summed E-state index contributed by atoms with van der Waals surface area (Å²) in [6.45, 7) is 2.09. The van der Waals surface area contributed by atoms with E-state index in [9.17, 15) is 0 Å². The number of hydrogen-bond donors (Lipinski definition) is 0. The van der Waals surface area contributed by atoms with Gasteiger partial charge in [0.05, 0.1) is 0 Å². The van der Waals surface area contributed by atoms with E-state index in [0.717, 1.165) is 17.9 Å². The van der Waals surface area contributed by atoms with Gasteiger partial charge < -0.3 is 0 Å². The van der Waals surface area contributed by atoms with Crippen LogP contribution in [-0.4, -0.2) is 0 Å². The molecule has 0 unspecified atom stereocenters. The highest BCUT2D eigenvalue weighted by Crippen LogP contribution is 2.29. The van der Waals surface area contributed by atoms with Gasteiger partial charge in [-0.1, -0.05) is 53.6 Å². The van der Waals surface area contributed by atoms with Crippen molar-refractivity contribution in [3.05, 3.63) is 52.6 Å². The highest BCUT2D eigenvalue weighted by Gasteiger charge is 2.07. The van der Waals surface area contributed by atoms with Gasteiger partial charge in [-0.3, -0.25) is 0 Å². The molecule has 2 rings (SSSR count). The van der Waals surface area contributed by atoms with Crippen molar-refractivity contribution < 1.29 is 0 Å². The number of halogens is 1. The van der Waals surface area contributed by atoms with Crippen molar-refractivity contribution in [2.45, 2.75) is 19.8 Å². The van der Waals surface area contributed by atoms with Gasteiger partial charge in [0, 0.05) is 5.03 Å². The van der Waals surface area contributed by atoms with Crippen LogP contribution in [0.15, 0.2) is 41.4 Å². The Labute approximate surface area is 89.9 Å². The third kappa shape index (κ3) is 1.91. The van der Waals surface area contributed by atoms with E-state index in [4.69, 9.17) is 11.6 Å². The van der Waals surface area contributed by atoms with Crippen LogP contribution in [0.2, 0.25) is 0 Å². The van der Waals surface area contributed by atoms with Gasteiger partial charge in [0.15, 0.2) is 0 Å². The van der Waals surface area contributed by atoms with Gasteiger partial charge in [-0.05, 0) is 30.9 Å². The van der Waals surface area contributed by atoms with E-state index in [1.165, 1.54) is 16.7 Å². The van der Waals surface area contributed by atoms with Crippen molar-refractivity contribution in [1.29, 1.82) is 0 Å². The summed E-state index contributed by atoms with van der Waals surface area (Å²) in [6.07, 6.45) is 6.34. The predicted octanol–water partition coefficient (Wildman–Crippen LogP) is 4.29. The van der Waals surface area contributed by atoms with Crippen LogP contribution < -0.4 is 0 Å². The number of hydrogen-bond acceptors (Lipinski definition) is 0. The number of rotatable bonds is 1. The van der Waals surface area contributed by atoms with Crippen LogP contribution in [0.5, 0.6) is 0 Å². The maximum Gasteiger partial charge on any atom is 0.0262 e. The SMILES string of the molecule is Cc1ccc(C2=C(Cl)CCC=C2)cc1. The fourth-order valence-corrected chi connectivity index (χ4v) is 1.90. The van der Waals surface area contributed by atoms with Crippen LogP contribution in [0.4, 0.5) is 0 Å². The Morgan fingerprint density at radius 1 is 1.14 bits per heavy atom. The molecule has 14 heavy (non-hydrogen) atoms. The van der Waals surface area contributed by atoms with Crippen molar-refractivity contribution in [3.63, 3.8) is 0 Å². The molecule has 1 aliphatic rings. The molecule has 0 spiro atoms. The molecule has 0 aliphatic heterocycles. The van der Waals surface area contributed by atoms with Crippen molar-refractivity contribution in [2.75, 3.05) is 0 Å². The lowest BCUT2D eigenvalue weighted by Crippen LogP contribution is -1.89. The quantitative estimate of drug-likeness (QED) is 0.640. The lowest BCUT2D eigenvalue weighted by molar-refractivity contribution is 1.02. The topological polar surface area (TPSA) is 0 Å². The Kier molecular flexibility index (Phi) is 2.74. The van der Waals surface area contributed by atoms with E-state index in [0.29, 0.717) is 0 Å². The molecule has 1 aromatic carbocycles. The highest BCUT2D eigenvalue weighted by atomic mass is 35.5. The number of benzene rings is 1. The Morgan fingerprint density at radius 2 is 1.86 bits per heavy atom. The van der Waals surface area contributed by atoms with Gasteiger partial charge in [0.25, 0.3) is 0 Å². The van der Waals surface area contributed by atoms with Gasteiger partial charge in [-0.25, -0.2) is 0 Å². The molecule has 0 N–H and O–H groups in total. The van der Waals surface area contributed by atoms with Gasteiger partial charge in [-0.2, -0.15) is 0 Å². The van der Waals surface area contributed by atoms with Crippen LogP contribution in [-0.2, 0) is 0 Å². The fraction of sp³-hybridized carbons (Fsp3) is 0.231. The molecule has 0 heterocycles. The molecule has 0 radical (unpaired) electrons. The van der Waals surface area contributed by atoms with E-state index in [-0.39, 0.29) is 0 Å². The van der Waals surface area contributed by atoms with Crippen LogP contribution in [0, 0.1) is 6.92 Å². The molecule has 0 saturated carbocycles. The third-order valence-corrected chi connectivity index (χ3v) is 2.86. The number of allylic oxidation sites excluding steroid dienone is 4. The molecule has 72 valence electrons. The second-order valence-corrected chi connectivity index (χ2v) is 4.08. The van der Waals surface area contributed by atoms with E-state index in [1.807, 2.05) is 0 Å². The van der Waals surface area contributed by atoms with Gasteiger partial charge in [0.2, 0.25) is 0 Å². The molecular formula is C13H13Cl. The summed E-state index contributed by atoms with van der Waals surface area (Å²) in [5.74, 6) is 0. The first-order valence-electron chi connectivity index (χ1n) is 4.89. The molecule has 0 fully saturated rings. The monoisotopic (exact) mass is 204 g/mol. The Bertz CT molecular complexity index is 382. The summed E-state index contributed by atoms with van der Waals surface area (Å²) in [5, 5.41) is 0.983. The van der Waals surface area contributed by atoms with Crippen LogP contribution >= 0.6 is 11.6 Å². The fourth-order valence-electron chi connectivity index (χ4n) is 1.62. The molecule has 1 aliphatic carbocycles. The molecule has 0 saturated heterocycles. The summed E-state index contributed by atoms with van der Waals surface area (Å²) in [5.41, 5.74) is 3.68. The molecular weight excluding hydrogens is 192 g/mol. The molecule has 1 aromatic rings. The first kappa shape index (κ1) is 9.54. The molecule has 0 atom stereocenters. The standard InChI is InChI=1S/C13H13Cl/c1-10-6-8-11(9-7-10)12-4-2-3-5-13(12)14/h2,4,6-9H,3,5H2,1H3. The molecule has 0 bridgehead atoms. The smallest absolute Gasteiger partial charge is 0.0262 e. The average Bonchev–Trinajstić information content (AvgIpc) is 2.20. The first-order valence-corrected chi connectivity index (χ1v) is 5.27. The Balaban J connectivity index is 2.39. The minimum Gasteiger partial charge on any atom is -0.0885 e. The molecule has 0 nitrogen and oxygen atoms in total. The predicted molar refractivity (Wildman–Crippen MR) is 62.3 cm³/mol. The second kappa shape index (κ2) is 4.02. The normalized spacial score (nSPS) is 16.1. The van der Waals surface area contributed by atoms with Crippen molar-refractivity contribution in [1.82, 2.24) is 0 Å². The summed E-state index contributed by atoms with van der Waals surface area (Å²) in [4.78, 5) is 0. The van der Waals surface area contributed by atoms with Crippen molar-refractivity contribution >= 4 is 17.2 Å². The zero-order chi connectivity index (χ0) is 9.97. The second-order valence-electron chi connectivity index (χ2n) is 3.63. The molecule has 1 heteroatoms. The minimum absolute atomic E-state index is 0.973. The van der Waals surface area contributed by atoms with E-state index in [1.54, 1.807) is 0 Å². The number of aryl methyl sites for hydroxylation is 1. The zero-order valence-corrected chi connectivity index (χ0v) is 9.01. The minimum atomic E-state index is 0.973. The Hall–Kier alpha value is -1.01. The van der Waals surface area contributed by atoms with E-state index >= 15 is 0 Å². The Morgan fingerprint density at radius 3 is 2.50 bits per heavy atom. The molecule has 0 aromatic heterocycles. The van der Waals surface area contributed by atoms with Gasteiger partial charge >= 0.3 is 0 Å². The van der Waals surface area contributed by atoms with Crippen LogP contribution in [0.1, 0.15) is 24.0 Å². The summed E-state index contributed by atoms with van der Waals surface area (Å²) in [6, 6.07) is 8.50. The van der Waals surface area contributed by atoms with Gasteiger partial charge in [0.1, 0.15) is 0 Å². The maximum absolute atomic E-state index is 6.19. The lowest BCUT2D eigenvalue weighted by atomic mass is 9.99. The van der Waals surface area contributed by atoms with Crippen LogP contribution in [0.25, 0.3) is 5.57 Å². The van der Waals surface area contributed by atoms with Crippen LogP contribution in [0.3, 0.4) is 0 Å². The van der Waals surface area contributed by atoms with Crippen molar-refractivity contribution in [3.8, 4) is 0 Å². The largest absolute Gasteiger partial charge is 0.0885 e. The van der Waals surface area contributed by atoms with E-state index in [2.05, 4.69) is 43.3 Å². The summed E-state index contributed by atoms with van der Waals surface area (Å²) < 4.78 is 0. The van der Waals surface area contributed by atoms with Gasteiger partial charge in [-0.15, -0.1) is 0 Å². The van der Waals surface area contributed by atoms with Crippen molar-refractivity contribution in [2.24, 2.45) is 0 Å². The first-order chi connectivity index (χ1) is 6.77. The zero-order valence-electron chi connectivity index (χ0n) is 8.26. The summed E-state index contributed by atoms with van der Waals surface area (Å²) in [7, 11) is 0. The highest BCUT2D eigenvalue weighted by molar-refractivity contribution is 6.33. The molecule has 0 amide bonds. The van der Waals surface area contributed by atoms with E-state index < -0.39 is 0 Å². The average molecular weight is 205 g/mol. The lowest BCUT2D eigenvalue weighted by Gasteiger charge is -2.10.